The highest BCUT2D eigenvalue weighted by molar-refractivity contribution is 6.11. The Hall–Kier alpha value is -5.40. The van der Waals surface area contributed by atoms with Gasteiger partial charge in [-0.15, -0.1) is 0 Å². The number of anilines is 1. The van der Waals surface area contributed by atoms with Gasteiger partial charge in [0.1, 0.15) is 17.0 Å². The van der Waals surface area contributed by atoms with Crippen LogP contribution in [0.25, 0.3) is 22.5 Å². The van der Waals surface area contributed by atoms with Crippen molar-refractivity contribution < 1.29 is 27.5 Å². The van der Waals surface area contributed by atoms with Crippen molar-refractivity contribution >= 4 is 23.0 Å². The number of carbonyl (C=O) groups is 2. The number of hydrogen-bond donors (Lipinski definition) is 2. The van der Waals surface area contributed by atoms with E-state index in [0.717, 1.165) is 16.8 Å². The number of hydrogen-bond acceptors (Lipinski definition) is 6. The quantitative estimate of drug-likeness (QED) is 0.299. The van der Waals surface area contributed by atoms with E-state index in [2.05, 4.69) is 15.5 Å². The van der Waals surface area contributed by atoms with Crippen LogP contribution in [-0.2, 0) is 13.2 Å². The van der Waals surface area contributed by atoms with Crippen LogP contribution in [0.4, 0.5) is 18.9 Å². The number of amides is 2. The molecule has 0 aliphatic carbocycles. The van der Waals surface area contributed by atoms with Crippen molar-refractivity contribution in [3.8, 4) is 22.7 Å². The van der Waals surface area contributed by atoms with E-state index in [0.29, 0.717) is 17.1 Å². The molecule has 42 heavy (non-hydrogen) atoms. The van der Waals surface area contributed by atoms with Gasteiger partial charge in [0, 0.05) is 30.1 Å². The number of nitrogens with one attached hydrogen (secondary N) is 1. The standard InChI is InChI=1S/C28H24F3N7O4/c1-4-42-24-22(16-8-10-20(11-9-16)38-15(2)34-36(3)27(38)41)35-37-14-18(28(29,30)31)13-21(23(24)37)26(40)33-19-7-5-6-17(12-19)25(32)39/h5-14H,4H2,1-3H3,(H2,32,39)(H,33,40). The van der Waals surface area contributed by atoms with Gasteiger partial charge in [0.2, 0.25) is 5.91 Å². The van der Waals surface area contributed by atoms with E-state index in [4.69, 9.17) is 10.5 Å². The number of alkyl halides is 3. The summed E-state index contributed by atoms with van der Waals surface area (Å²) >= 11 is 0. The molecule has 0 aliphatic rings. The molecule has 0 radical (unpaired) electrons. The van der Waals surface area contributed by atoms with Gasteiger partial charge in [-0.3, -0.25) is 9.59 Å². The first kappa shape index (κ1) is 28.1. The first-order valence-electron chi connectivity index (χ1n) is 12.6. The number of halogens is 3. The van der Waals surface area contributed by atoms with E-state index in [-0.39, 0.29) is 46.1 Å². The third-order valence-electron chi connectivity index (χ3n) is 6.43. The molecule has 5 aromatic rings. The smallest absolute Gasteiger partial charge is 0.417 e. The molecular formula is C28H24F3N7O4. The average molecular weight is 580 g/mol. The molecule has 0 aliphatic heterocycles. The number of carbonyl (C=O) groups excluding carboxylic acids is 2. The predicted molar refractivity (Wildman–Crippen MR) is 147 cm³/mol. The Morgan fingerprint density at radius 3 is 2.38 bits per heavy atom. The van der Waals surface area contributed by atoms with Crippen LogP contribution in [0, 0.1) is 6.92 Å². The maximum absolute atomic E-state index is 13.9. The molecule has 14 heteroatoms. The largest absolute Gasteiger partial charge is 0.489 e. The highest BCUT2D eigenvalue weighted by Gasteiger charge is 2.34. The van der Waals surface area contributed by atoms with Crippen molar-refractivity contribution in [2.75, 3.05) is 11.9 Å². The van der Waals surface area contributed by atoms with Crippen molar-refractivity contribution in [1.82, 2.24) is 24.0 Å². The van der Waals surface area contributed by atoms with Crippen LogP contribution in [0.5, 0.6) is 5.75 Å². The topological polar surface area (TPSA) is 139 Å². The number of primary amides is 1. The zero-order valence-electron chi connectivity index (χ0n) is 22.6. The molecule has 2 amide bonds. The van der Waals surface area contributed by atoms with E-state index < -0.39 is 23.6 Å². The molecule has 0 atom stereocenters. The Bertz CT molecular complexity index is 1900. The van der Waals surface area contributed by atoms with Crippen molar-refractivity contribution in [1.29, 1.82) is 0 Å². The number of nitrogens with two attached hydrogens (primary N) is 1. The molecule has 0 fully saturated rings. The minimum absolute atomic E-state index is 0.00630. The lowest BCUT2D eigenvalue weighted by atomic mass is 10.1. The second-order valence-electron chi connectivity index (χ2n) is 9.28. The van der Waals surface area contributed by atoms with Crippen LogP contribution < -0.4 is 21.5 Å². The lowest BCUT2D eigenvalue weighted by molar-refractivity contribution is -0.137. The van der Waals surface area contributed by atoms with Crippen molar-refractivity contribution in [2.24, 2.45) is 12.8 Å². The van der Waals surface area contributed by atoms with Gasteiger partial charge in [0.05, 0.1) is 23.4 Å². The lowest BCUT2D eigenvalue weighted by Crippen LogP contribution is -2.21. The monoisotopic (exact) mass is 579 g/mol. The predicted octanol–water partition coefficient (Wildman–Crippen LogP) is 3.96. The minimum Gasteiger partial charge on any atom is -0.489 e. The van der Waals surface area contributed by atoms with E-state index >= 15 is 0 Å². The molecule has 0 spiro atoms. The summed E-state index contributed by atoms with van der Waals surface area (Å²) in [6.07, 6.45) is -4.01. The van der Waals surface area contributed by atoms with Crippen LogP contribution in [0.3, 0.4) is 0 Å². The molecule has 0 saturated heterocycles. The van der Waals surface area contributed by atoms with Crippen molar-refractivity contribution in [3.05, 3.63) is 93.8 Å². The number of nitrogens with zero attached hydrogens (tertiary/aromatic N) is 5. The summed E-state index contributed by atoms with van der Waals surface area (Å²) in [4.78, 5) is 37.5. The number of fused-ring (bicyclic) bond motifs is 1. The number of rotatable bonds is 7. The molecular weight excluding hydrogens is 555 g/mol. The first-order valence-corrected chi connectivity index (χ1v) is 12.6. The molecule has 3 N–H and O–H groups in total. The summed E-state index contributed by atoms with van der Waals surface area (Å²) in [7, 11) is 1.53. The fourth-order valence-electron chi connectivity index (χ4n) is 4.55. The molecule has 0 unspecified atom stereocenters. The maximum Gasteiger partial charge on any atom is 0.417 e. The SMILES string of the molecule is CCOc1c(-c2ccc(-n3c(C)nn(C)c3=O)cc2)nn2cc(C(F)(F)F)cc(C(=O)Nc3cccc(C(N)=O)c3)c12. The second-order valence-corrected chi connectivity index (χ2v) is 9.28. The Morgan fingerprint density at radius 2 is 1.79 bits per heavy atom. The summed E-state index contributed by atoms with van der Waals surface area (Å²) in [6.45, 7) is 3.49. The highest BCUT2D eigenvalue weighted by Crippen LogP contribution is 2.39. The van der Waals surface area contributed by atoms with E-state index in [1.165, 1.54) is 40.6 Å². The fourth-order valence-corrected chi connectivity index (χ4v) is 4.55. The van der Waals surface area contributed by atoms with Crippen molar-refractivity contribution in [2.45, 2.75) is 20.0 Å². The number of pyridine rings is 1. The third kappa shape index (κ3) is 5.09. The Kier molecular flexibility index (Phi) is 7.06. The average Bonchev–Trinajstić information content (AvgIpc) is 3.43. The molecule has 3 aromatic heterocycles. The van der Waals surface area contributed by atoms with Gasteiger partial charge in [-0.1, -0.05) is 18.2 Å². The van der Waals surface area contributed by atoms with Crippen LogP contribution in [0.15, 0.2) is 65.6 Å². The van der Waals surface area contributed by atoms with E-state index in [1.807, 2.05) is 0 Å². The summed E-state index contributed by atoms with van der Waals surface area (Å²) < 4.78 is 51.1. The van der Waals surface area contributed by atoms with E-state index in [1.54, 1.807) is 38.1 Å². The van der Waals surface area contributed by atoms with Gasteiger partial charge < -0.3 is 15.8 Å². The zero-order chi connectivity index (χ0) is 30.3. The maximum atomic E-state index is 13.9. The van der Waals surface area contributed by atoms with Gasteiger partial charge in [-0.05, 0) is 50.2 Å². The van der Waals surface area contributed by atoms with Gasteiger partial charge in [0.15, 0.2) is 5.75 Å². The Morgan fingerprint density at radius 1 is 1.07 bits per heavy atom. The molecule has 0 bridgehead atoms. The number of aryl methyl sites for hydroxylation is 2. The molecule has 0 saturated carbocycles. The molecule has 2 aromatic carbocycles. The lowest BCUT2D eigenvalue weighted by Gasteiger charge is -2.13. The molecule has 5 rings (SSSR count). The minimum atomic E-state index is -4.79. The molecule has 3 heterocycles. The summed E-state index contributed by atoms with van der Waals surface area (Å²) in [6, 6.07) is 13.0. The highest BCUT2D eigenvalue weighted by atomic mass is 19.4. The summed E-state index contributed by atoms with van der Waals surface area (Å²) in [5.41, 5.74) is 4.94. The second kappa shape index (κ2) is 10.5. The van der Waals surface area contributed by atoms with Gasteiger partial charge in [-0.2, -0.15) is 23.4 Å². The molecule has 216 valence electrons. The van der Waals surface area contributed by atoms with Gasteiger partial charge >= 0.3 is 11.9 Å². The normalized spacial score (nSPS) is 11.6. The number of ether oxygens (including phenoxy) is 1. The van der Waals surface area contributed by atoms with Crippen molar-refractivity contribution in [3.63, 3.8) is 0 Å². The fraction of sp³-hybridized carbons (Fsp3) is 0.179. The summed E-state index contributed by atoms with van der Waals surface area (Å²) in [5.74, 6) is -1.07. The van der Waals surface area contributed by atoms with Crippen LogP contribution in [0.2, 0.25) is 0 Å². The summed E-state index contributed by atoms with van der Waals surface area (Å²) in [5, 5.41) is 11.0. The third-order valence-corrected chi connectivity index (χ3v) is 6.43. The Balaban J connectivity index is 1.65. The Labute approximate surface area is 235 Å². The molecule has 11 nitrogen and oxygen atoms in total. The van der Waals surface area contributed by atoms with E-state index in [9.17, 15) is 27.6 Å². The number of aromatic nitrogens is 5. The van der Waals surface area contributed by atoms with Crippen LogP contribution in [0.1, 0.15) is 39.0 Å². The number of benzene rings is 2. The van der Waals surface area contributed by atoms with Gasteiger partial charge in [-0.25, -0.2) is 18.6 Å². The van der Waals surface area contributed by atoms with Gasteiger partial charge in [0.25, 0.3) is 5.91 Å². The van der Waals surface area contributed by atoms with Crippen LogP contribution in [-0.4, -0.2) is 42.4 Å². The van der Waals surface area contributed by atoms with Crippen LogP contribution >= 0.6 is 0 Å². The zero-order valence-corrected chi connectivity index (χ0v) is 22.6. The first-order chi connectivity index (χ1) is 19.9.